The number of ether oxygens (including phenoxy) is 1. The number of rotatable bonds is 9. The van der Waals surface area contributed by atoms with Crippen LogP contribution >= 0.6 is 0 Å². The van der Waals surface area contributed by atoms with Gasteiger partial charge in [-0.15, -0.1) is 0 Å². The fourth-order valence-electron chi connectivity index (χ4n) is 7.14. The minimum Gasteiger partial charge on any atom is -0.490 e. The predicted molar refractivity (Wildman–Crippen MR) is 187 cm³/mol. The number of primary sulfonamides is 1. The number of carbonyl (C=O) groups excluding carboxylic acids is 1. The third-order valence-electron chi connectivity index (χ3n) is 9.55. The average molecular weight is 666 g/mol. The van der Waals surface area contributed by atoms with Crippen molar-refractivity contribution < 1.29 is 22.5 Å². The summed E-state index contributed by atoms with van der Waals surface area (Å²) in [6.07, 6.45) is 6.43. The molecule has 0 bridgehead atoms. The van der Waals surface area contributed by atoms with Gasteiger partial charge in [0.25, 0.3) is 0 Å². The minimum atomic E-state index is -3.96. The molecule has 2 heterocycles. The molecule has 48 heavy (non-hydrogen) atoms. The summed E-state index contributed by atoms with van der Waals surface area (Å²) in [5.41, 5.74) is 10.5. The molecular weight excluding hydrogens is 627 g/mol. The second-order valence-electron chi connectivity index (χ2n) is 12.7. The molecule has 4 N–H and O–H groups in total. The Morgan fingerprint density at radius 3 is 2.52 bits per heavy atom. The van der Waals surface area contributed by atoms with E-state index < -0.39 is 16.1 Å². The number of hydrogen-bond acceptors (Lipinski definition) is 8. The molecule has 1 unspecified atom stereocenters. The van der Waals surface area contributed by atoms with Crippen molar-refractivity contribution in [2.45, 2.75) is 56.0 Å². The van der Waals surface area contributed by atoms with Crippen molar-refractivity contribution in [3.8, 4) is 16.9 Å². The molecule has 1 saturated carbocycles. The van der Waals surface area contributed by atoms with E-state index >= 15 is 4.79 Å². The van der Waals surface area contributed by atoms with E-state index in [4.69, 9.17) is 20.1 Å². The van der Waals surface area contributed by atoms with E-state index in [1.165, 1.54) is 12.5 Å². The molecule has 4 aromatic carbocycles. The molecule has 1 amide bonds. The van der Waals surface area contributed by atoms with Gasteiger partial charge in [0, 0.05) is 17.8 Å². The number of nitrogens with zero attached hydrogens (tertiary/aromatic N) is 3. The van der Waals surface area contributed by atoms with Gasteiger partial charge < -0.3 is 24.8 Å². The Bertz CT molecular complexity index is 2040. The number of nitrogen functional groups attached to an aromatic ring is 1. The summed E-state index contributed by atoms with van der Waals surface area (Å²) in [5, 5.41) is 10.2. The van der Waals surface area contributed by atoms with Gasteiger partial charge in [0.1, 0.15) is 18.4 Å². The van der Waals surface area contributed by atoms with Gasteiger partial charge in [0.15, 0.2) is 11.4 Å². The van der Waals surface area contributed by atoms with Crippen molar-refractivity contribution in [3.05, 3.63) is 96.6 Å². The van der Waals surface area contributed by atoms with Gasteiger partial charge in [0.2, 0.25) is 15.9 Å². The Kier molecular flexibility index (Phi) is 8.81. The van der Waals surface area contributed by atoms with Crippen LogP contribution in [0.25, 0.3) is 22.1 Å². The molecule has 1 aromatic heterocycles. The highest BCUT2D eigenvalue weighted by atomic mass is 32.2. The summed E-state index contributed by atoms with van der Waals surface area (Å²) in [5.74, 6) is 1.22. The van der Waals surface area contributed by atoms with E-state index in [0.717, 1.165) is 36.9 Å². The zero-order valence-corrected chi connectivity index (χ0v) is 27.4. The quantitative estimate of drug-likeness (QED) is 0.182. The van der Waals surface area contributed by atoms with Gasteiger partial charge in [-0.3, -0.25) is 4.79 Å². The molecule has 248 valence electrons. The monoisotopic (exact) mass is 665 g/mol. The van der Waals surface area contributed by atoms with Crippen LogP contribution in [0.5, 0.6) is 5.75 Å². The topological polar surface area (TPSA) is 145 Å². The molecule has 1 aliphatic carbocycles. The van der Waals surface area contributed by atoms with E-state index in [2.05, 4.69) is 22.2 Å². The van der Waals surface area contributed by atoms with Gasteiger partial charge in [-0.1, -0.05) is 91.9 Å². The highest BCUT2D eigenvalue weighted by molar-refractivity contribution is 7.89. The van der Waals surface area contributed by atoms with Crippen molar-refractivity contribution in [2.24, 2.45) is 11.1 Å². The fraction of sp³-hybridized carbons (Fsp3) is 0.297. The first-order valence-corrected chi connectivity index (χ1v) is 18.0. The average Bonchev–Trinajstić information content (AvgIpc) is 3.49. The smallest absolute Gasteiger partial charge is 0.249 e. The molecule has 11 heteroatoms. The first-order chi connectivity index (χ1) is 23.3. The van der Waals surface area contributed by atoms with Crippen LogP contribution in [0.15, 0.2) is 100 Å². The summed E-state index contributed by atoms with van der Waals surface area (Å²) in [6, 6.07) is 27.5. The zero-order chi connectivity index (χ0) is 33.3. The molecular formula is C37H39N5O5S. The normalized spacial score (nSPS) is 15.9. The second-order valence-corrected chi connectivity index (χ2v) is 14.2. The van der Waals surface area contributed by atoms with Gasteiger partial charge in [-0.05, 0) is 59.9 Å². The molecule has 2 aliphatic rings. The number of sulfonamides is 1. The summed E-state index contributed by atoms with van der Waals surface area (Å²) in [6.45, 7) is 1.20. The van der Waals surface area contributed by atoms with E-state index in [0.29, 0.717) is 71.4 Å². The fourth-order valence-corrected chi connectivity index (χ4v) is 7.90. The third-order valence-corrected chi connectivity index (χ3v) is 10.5. The Balaban J connectivity index is 1.29. The minimum absolute atomic E-state index is 0.0165. The molecule has 7 rings (SSSR count). The number of hydrogen-bond donors (Lipinski definition) is 2. The summed E-state index contributed by atoms with van der Waals surface area (Å²) in [7, 11) is -3.96. The van der Waals surface area contributed by atoms with Crippen LogP contribution in [-0.2, 0) is 21.4 Å². The van der Waals surface area contributed by atoms with E-state index in [-0.39, 0.29) is 10.8 Å². The Morgan fingerprint density at radius 1 is 0.958 bits per heavy atom. The molecule has 0 saturated heterocycles. The zero-order valence-electron chi connectivity index (χ0n) is 26.6. The van der Waals surface area contributed by atoms with Crippen molar-refractivity contribution in [2.75, 3.05) is 28.7 Å². The highest BCUT2D eigenvalue weighted by Gasteiger charge is 2.36. The van der Waals surface area contributed by atoms with Crippen LogP contribution in [0.1, 0.15) is 44.1 Å². The maximum atomic E-state index is 15.0. The first kappa shape index (κ1) is 31.7. The van der Waals surface area contributed by atoms with E-state index in [1.54, 1.807) is 24.3 Å². The standard InChI is InChI=1S/C37H39N5O5S/c38-36-30-23-28(16-18-33(30)47-40-36)42(24-26-11-5-2-6-12-26)32(21-25-9-3-1-4-10-25)37(43)41-19-20-46-34-22-27(15-17-31(34)41)29-13-7-8-14-35(29)48(39,44)45/h2,5-8,11-18,22-23,25,32H,1,3-4,9-10,19-21,24H2,(H2,38,40)(H2,39,44,45). The van der Waals surface area contributed by atoms with Crippen LogP contribution in [0, 0.1) is 5.92 Å². The lowest BCUT2D eigenvalue weighted by Gasteiger charge is -2.40. The molecule has 1 fully saturated rings. The van der Waals surface area contributed by atoms with Gasteiger partial charge >= 0.3 is 0 Å². The Labute approximate surface area is 280 Å². The number of anilines is 3. The van der Waals surface area contributed by atoms with Gasteiger partial charge in [-0.25, -0.2) is 13.6 Å². The Hall–Kier alpha value is -4.87. The van der Waals surface area contributed by atoms with Crippen LogP contribution in [0.4, 0.5) is 17.2 Å². The molecule has 10 nitrogen and oxygen atoms in total. The first-order valence-electron chi connectivity index (χ1n) is 16.4. The largest absolute Gasteiger partial charge is 0.490 e. The molecule has 1 atom stereocenters. The van der Waals surface area contributed by atoms with Gasteiger partial charge in [-0.2, -0.15) is 0 Å². The van der Waals surface area contributed by atoms with Crippen molar-refractivity contribution in [1.82, 2.24) is 5.16 Å². The second kappa shape index (κ2) is 13.3. The maximum Gasteiger partial charge on any atom is 0.249 e. The summed E-state index contributed by atoms with van der Waals surface area (Å²) in [4.78, 5) is 19.1. The number of aromatic nitrogens is 1. The van der Waals surface area contributed by atoms with Crippen LogP contribution in [-0.4, -0.2) is 38.7 Å². The molecule has 1 aliphatic heterocycles. The lowest BCUT2D eigenvalue weighted by atomic mass is 9.84. The lowest BCUT2D eigenvalue weighted by molar-refractivity contribution is -0.120. The predicted octanol–water partition coefficient (Wildman–Crippen LogP) is 6.50. The maximum absolute atomic E-state index is 15.0. The van der Waals surface area contributed by atoms with E-state index in [9.17, 15) is 8.42 Å². The summed E-state index contributed by atoms with van der Waals surface area (Å²) < 4.78 is 36.2. The van der Waals surface area contributed by atoms with Crippen LogP contribution in [0.3, 0.4) is 0 Å². The summed E-state index contributed by atoms with van der Waals surface area (Å²) >= 11 is 0. The SMILES string of the molecule is Nc1noc2ccc(N(Cc3ccccc3)C(CC3CCCCC3)C(=O)N3CCOc4cc(-c5ccccc5S(N)(=O)=O)ccc43)cc12. The number of fused-ring (bicyclic) bond motifs is 2. The highest BCUT2D eigenvalue weighted by Crippen LogP contribution is 2.40. The number of nitrogens with two attached hydrogens (primary N) is 2. The number of carbonyl (C=O) groups is 1. The van der Waals surface area contributed by atoms with Crippen molar-refractivity contribution in [1.29, 1.82) is 0 Å². The third kappa shape index (κ3) is 6.48. The molecule has 0 spiro atoms. The number of amides is 1. The van der Waals surface area contributed by atoms with Gasteiger partial charge in [0.05, 0.1) is 22.5 Å². The lowest BCUT2D eigenvalue weighted by Crippen LogP contribution is -2.52. The molecule has 5 aromatic rings. The van der Waals surface area contributed by atoms with Crippen LogP contribution in [0.2, 0.25) is 0 Å². The Morgan fingerprint density at radius 2 is 1.73 bits per heavy atom. The molecule has 0 radical (unpaired) electrons. The van der Waals surface area contributed by atoms with E-state index in [1.807, 2.05) is 53.4 Å². The van der Waals surface area contributed by atoms with Crippen molar-refractivity contribution >= 4 is 44.1 Å². The van der Waals surface area contributed by atoms with Crippen LogP contribution < -0.4 is 25.4 Å². The number of benzene rings is 4. The van der Waals surface area contributed by atoms with Crippen molar-refractivity contribution in [3.63, 3.8) is 0 Å².